The molecule has 161 valence electrons. The van der Waals surface area contributed by atoms with Gasteiger partial charge in [-0.05, 0) is 49.9 Å². The number of nitrogens with two attached hydrogens (primary N) is 1. The monoisotopic (exact) mass is 417 g/mol. The highest BCUT2D eigenvalue weighted by Gasteiger charge is 2.44. The second kappa shape index (κ2) is 9.09. The Morgan fingerprint density at radius 1 is 1.17 bits per heavy atom. The summed E-state index contributed by atoms with van der Waals surface area (Å²) in [5.74, 6) is -2.34. The lowest BCUT2D eigenvalue weighted by Crippen LogP contribution is -2.52. The van der Waals surface area contributed by atoms with Crippen LogP contribution in [0.4, 0.5) is 8.78 Å². The molecule has 1 saturated heterocycles. The average Bonchev–Trinajstić information content (AvgIpc) is 3.20. The lowest BCUT2D eigenvalue weighted by atomic mass is 9.70. The maximum Gasteiger partial charge on any atom is 0.228 e. The van der Waals surface area contributed by atoms with Crippen LogP contribution in [-0.2, 0) is 16.1 Å². The number of nitriles is 1. The average molecular weight is 417 g/mol. The van der Waals surface area contributed by atoms with Crippen molar-refractivity contribution >= 4 is 11.8 Å². The molecular formula is C22H27F2N4O2. The predicted octanol–water partition coefficient (Wildman–Crippen LogP) is 2.58. The normalized spacial score (nSPS) is 23.0. The van der Waals surface area contributed by atoms with E-state index in [1.165, 1.54) is 11.3 Å². The first-order valence-corrected chi connectivity index (χ1v) is 10.3. The van der Waals surface area contributed by atoms with E-state index in [1.807, 2.05) is 0 Å². The van der Waals surface area contributed by atoms with Crippen molar-refractivity contribution in [2.75, 3.05) is 13.1 Å². The molecule has 0 bridgehead atoms. The van der Waals surface area contributed by atoms with Crippen LogP contribution in [0.5, 0.6) is 0 Å². The summed E-state index contributed by atoms with van der Waals surface area (Å²) in [5, 5.41) is 12.9. The van der Waals surface area contributed by atoms with Gasteiger partial charge < -0.3 is 16.0 Å². The lowest BCUT2D eigenvalue weighted by molar-refractivity contribution is -0.134. The third-order valence-electron chi connectivity index (χ3n) is 6.39. The van der Waals surface area contributed by atoms with Crippen molar-refractivity contribution in [3.63, 3.8) is 0 Å². The molecule has 30 heavy (non-hydrogen) atoms. The van der Waals surface area contributed by atoms with E-state index in [-0.39, 0.29) is 25.1 Å². The van der Waals surface area contributed by atoms with Gasteiger partial charge in [0.05, 0.1) is 12.5 Å². The maximum atomic E-state index is 13.7. The summed E-state index contributed by atoms with van der Waals surface area (Å²) in [6.07, 6.45) is 6.07. The van der Waals surface area contributed by atoms with Crippen LogP contribution in [0.3, 0.4) is 0 Å². The van der Waals surface area contributed by atoms with Gasteiger partial charge in [-0.2, -0.15) is 5.26 Å². The van der Waals surface area contributed by atoms with E-state index in [2.05, 4.69) is 11.4 Å². The van der Waals surface area contributed by atoms with Gasteiger partial charge in [0.2, 0.25) is 11.8 Å². The van der Waals surface area contributed by atoms with Crippen LogP contribution in [0.1, 0.15) is 50.5 Å². The molecule has 0 aromatic heterocycles. The van der Waals surface area contributed by atoms with E-state index in [0.717, 1.165) is 37.5 Å². The van der Waals surface area contributed by atoms with Gasteiger partial charge in [-0.25, -0.2) is 8.78 Å². The fourth-order valence-electron chi connectivity index (χ4n) is 4.56. The van der Waals surface area contributed by atoms with Crippen LogP contribution in [0, 0.1) is 34.8 Å². The van der Waals surface area contributed by atoms with Crippen LogP contribution in [0.25, 0.3) is 0 Å². The van der Waals surface area contributed by atoms with E-state index in [1.54, 1.807) is 0 Å². The van der Waals surface area contributed by atoms with Crippen LogP contribution in [0.2, 0.25) is 0 Å². The molecule has 6 nitrogen and oxygen atoms in total. The minimum Gasteiger partial charge on any atom is -0.369 e. The molecule has 2 fully saturated rings. The highest BCUT2D eigenvalue weighted by Crippen LogP contribution is 2.40. The van der Waals surface area contributed by atoms with Crippen molar-refractivity contribution in [3.8, 4) is 6.07 Å². The molecule has 3 rings (SSSR count). The van der Waals surface area contributed by atoms with Crippen LogP contribution in [0.15, 0.2) is 18.2 Å². The number of primary amides is 1. The molecule has 1 aromatic rings. The zero-order chi connectivity index (χ0) is 21.8. The number of rotatable bonds is 7. The molecule has 1 unspecified atom stereocenters. The summed E-state index contributed by atoms with van der Waals surface area (Å²) in [5.41, 5.74) is 4.05. The van der Waals surface area contributed by atoms with Crippen molar-refractivity contribution in [1.82, 2.24) is 10.2 Å². The first-order chi connectivity index (χ1) is 14.3. The van der Waals surface area contributed by atoms with Crippen LogP contribution in [-0.4, -0.2) is 35.3 Å². The second-order valence-corrected chi connectivity index (χ2v) is 8.39. The summed E-state index contributed by atoms with van der Waals surface area (Å²) < 4.78 is 27.4. The predicted molar refractivity (Wildman–Crippen MR) is 106 cm³/mol. The Kier molecular flexibility index (Phi) is 6.71. The molecule has 8 heteroatoms. The summed E-state index contributed by atoms with van der Waals surface area (Å²) >= 11 is 0. The minimum atomic E-state index is -1.12. The van der Waals surface area contributed by atoms with Crippen molar-refractivity contribution in [2.24, 2.45) is 11.1 Å². The third kappa shape index (κ3) is 4.62. The van der Waals surface area contributed by atoms with E-state index in [9.17, 15) is 23.6 Å². The SMILES string of the molecule is N#CC1(N(Cc2cc(F)cc(F)c2)C(=O)[CH]CC2(C(N)=O)CCCCC2)CCNC1. The van der Waals surface area contributed by atoms with Crippen molar-refractivity contribution in [3.05, 3.63) is 41.8 Å². The number of nitrogens with zero attached hydrogens (tertiary/aromatic N) is 2. The topological polar surface area (TPSA) is 99.2 Å². The Morgan fingerprint density at radius 3 is 2.37 bits per heavy atom. The zero-order valence-corrected chi connectivity index (χ0v) is 16.9. The van der Waals surface area contributed by atoms with Gasteiger partial charge in [0.15, 0.2) is 0 Å². The van der Waals surface area contributed by atoms with Gasteiger partial charge >= 0.3 is 0 Å². The Morgan fingerprint density at radius 2 is 1.83 bits per heavy atom. The Hall–Kier alpha value is -2.53. The number of amides is 2. The largest absolute Gasteiger partial charge is 0.369 e. The molecule has 1 saturated carbocycles. The molecule has 3 N–H and O–H groups in total. The van der Waals surface area contributed by atoms with Gasteiger partial charge in [-0.1, -0.05) is 19.3 Å². The summed E-state index contributed by atoms with van der Waals surface area (Å²) in [7, 11) is 0. The van der Waals surface area contributed by atoms with Gasteiger partial charge in [0.25, 0.3) is 0 Å². The number of halogens is 2. The Balaban J connectivity index is 1.83. The number of carbonyl (C=O) groups excluding carboxylic acids is 2. The standard InChI is InChI=1S/C22H27F2N4O2/c23-17-10-16(11-18(24)12-17)13-28(22(14-25)8-9-27-15-22)19(29)4-7-21(20(26)30)5-2-1-3-6-21/h4,10-12,27H,1-3,5-9,13,15H2,(H2,26,30). The Labute approximate surface area is 175 Å². The quantitative estimate of drug-likeness (QED) is 0.712. The van der Waals surface area contributed by atoms with Gasteiger partial charge in [-0.15, -0.1) is 0 Å². The van der Waals surface area contributed by atoms with Gasteiger partial charge in [0, 0.05) is 24.6 Å². The number of hydrogen-bond donors (Lipinski definition) is 2. The van der Waals surface area contributed by atoms with Crippen molar-refractivity contribution < 1.29 is 18.4 Å². The molecule has 1 aromatic carbocycles. The third-order valence-corrected chi connectivity index (χ3v) is 6.39. The van der Waals surface area contributed by atoms with E-state index in [0.29, 0.717) is 25.8 Å². The second-order valence-electron chi connectivity index (χ2n) is 8.39. The molecule has 1 aliphatic carbocycles. The van der Waals surface area contributed by atoms with Crippen molar-refractivity contribution in [1.29, 1.82) is 5.26 Å². The summed E-state index contributed by atoms with van der Waals surface area (Å²) in [4.78, 5) is 26.7. The highest BCUT2D eigenvalue weighted by molar-refractivity contribution is 5.88. The maximum absolute atomic E-state index is 13.7. The fraction of sp³-hybridized carbons (Fsp3) is 0.545. The lowest BCUT2D eigenvalue weighted by Gasteiger charge is -2.38. The molecule has 1 heterocycles. The molecule has 1 radical (unpaired) electrons. The fourth-order valence-corrected chi connectivity index (χ4v) is 4.56. The van der Waals surface area contributed by atoms with E-state index >= 15 is 0 Å². The Bertz CT molecular complexity index is 820. The number of carbonyl (C=O) groups is 2. The summed E-state index contributed by atoms with van der Waals surface area (Å²) in [6, 6.07) is 5.30. The summed E-state index contributed by atoms with van der Waals surface area (Å²) in [6.45, 7) is 0.713. The molecule has 0 spiro atoms. The van der Waals surface area contributed by atoms with Crippen molar-refractivity contribution in [2.45, 2.75) is 57.0 Å². The highest BCUT2D eigenvalue weighted by atomic mass is 19.1. The van der Waals surface area contributed by atoms with Crippen LogP contribution >= 0.6 is 0 Å². The van der Waals surface area contributed by atoms with E-state index in [4.69, 9.17) is 5.73 Å². The molecule has 2 aliphatic rings. The van der Waals surface area contributed by atoms with Crippen LogP contribution < -0.4 is 11.1 Å². The molecule has 2 amide bonds. The van der Waals surface area contributed by atoms with E-state index < -0.39 is 34.4 Å². The van der Waals surface area contributed by atoms with Gasteiger partial charge in [0.1, 0.15) is 17.2 Å². The smallest absolute Gasteiger partial charge is 0.228 e. The zero-order valence-electron chi connectivity index (χ0n) is 16.9. The van der Waals surface area contributed by atoms with Gasteiger partial charge in [-0.3, -0.25) is 9.59 Å². The minimum absolute atomic E-state index is 0.108. The molecule has 1 atom stereocenters. The first kappa shape index (κ1) is 22.2. The number of benzene rings is 1. The number of nitrogens with one attached hydrogen (secondary N) is 1. The molecule has 1 aliphatic heterocycles. The number of hydrogen-bond acceptors (Lipinski definition) is 4. The molecular weight excluding hydrogens is 390 g/mol. The first-order valence-electron chi connectivity index (χ1n) is 10.3.